The molecule has 0 saturated carbocycles. The lowest BCUT2D eigenvalue weighted by Crippen LogP contribution is -2.27. The van der Waals surface area contributed by atoms with Crippen molar-refractivity contribution in [2.45, 2.75) is 19.8 Å². The lowest BCUT2D eigenvalue weighted by atomic mass is 9.98. The molecule has 0 unspecified atom stereocenters. The van der Waals surface area contributed by atoms with Crippen LogP contribution in [0.5, 0.6) is 0 Å². The van der Waals surface area contributed by atoms with Crippen LogP contribution in [0, 0.1) is 5.82 Å². The van der Waals surface area contributed by atoms with Crippen molar-refractivity contribution in [2.75, 3.05) is 17.6 Å². The number of carbonyl (C=O) groups is 1. The first kappa shape index (κ1) is 21.0. The lowest BCUT2D eigenvalue weighted by Gasteiger charge is -2.20. The van der Waals surface area contributed by atoms with Gasteiger partial charge in [-0.1, -0.05) is 13.8 Å². The van der Waals surface area contributed by atoms with Crippen LogP contribution in [-0.2, 0) is 14.8 Å². The third-order valence-electron chi connectivity index (χ3n) is 3.79. The summed E-state index contributed by atoms with van der Waals surface area (Å²) < 4.78 is 38.1. The molecule has 2 rings (SSSR count). The molecule has 1 aromatic heterocycles. The highest BCUT2D eigenvalue weighted by atomic mass is 35.5. The highest BCUT2D eigenvalue weighted by molar-refractivity contribution is 7.92. The number of nitrogens with zero attached hydrogens (tertiary/aromatic N) is 3. The quantitative estimate of drug-likeness (QED) is 0.536. The second-order valence-corrected chi connectivity index (χ2v) is 8.59. The van der Waals surface area contributed by atoms with Gasteiger partial charge in [0.1, 0.15) is 5.82 Å². The maximum atomic E-state index is 13.3. The molecule has 0 aliphatic rings. The molecule has 0 radical (unpaired) electrons. The second-order valence-electron chi connectivity index (χ2n) is 6.20. The van der Waals surface area contributed by atoms with E-state index in [1.807, 2.05) is 13.8 Å². The Morgan fingerprint density at radius 1 is 1.22 bits per heavy atom. The van der Waals surface area contributed by atoms with Crippen LogP contribution < -0.4 is 4.31 Å². The predicted octanol–water partition coefficient (Wildman–Crippen LogP) is 3.58. The molecule has 144 valence electrons. The van der Waals surface area contributed by atoms with Gasteiger partial charge in [0, 0.05) is 18.2 Å². The first-order valence-corrected chi connectivity index (χ1v) is 10.2. The third-order valence-corrected chi connectivity index (χ3v) is 5.07. The van der Waals surface area contributed by atoms with Crippen molar-refractivity contribution in [3.8, 4) is 11.3 Å². The van der Waals surface area contributed by atoms with Crippen LogP contribution in [0.15, 0.2) is 30.3 Å². The standard InChI is InChI=1S/C18H19ClFN3O3S/c1-11(2)16-14(9-10-15(19)24)17(12-5-7-13(20)8-6-12)22-18(21-16)23(3)27(4,25)26/h5-11H,1-4H3. The van der Waals surface area contributed by atoms with Crippen molar-refractivity contribution >= 4 is 38.9 Å². The van der Waals surface area contributed by atoms with E-state index >= 15 is 0 Å². The Kier molecular flexibility index (Phi) is 6.33. The zero-order valence-corrected chi connectivity index (χ0v) is 16.8. The predicted molar refractivity (Wildman–Crippen MR) is 105 cm³/mol. The number of sulfonamides is 1. The molecule has 0 aliphatic heterocycles. The summed E-state index contributed by atoms with van der Waals surface area (Å²) in [5.74, 6) is -0.544. The van der Waals surface area contributed by atoms with Crippen molar-refractivity contribution in [1.29, 1.82) is 0 Å². The smallest absolute Gasteiger partial charge is 0.245 e. The van der Waals surface area contributed by atoms with E-state index < -0.39 is 21.1 Å². The number of anilines is 1. The summed E-state index contributed by atoms with van der Waals surface area (Å²) in [4.78, 5) is 19.9. The summed E-state index contributed by atoms with van der Waals surface area (Å²) >= 11 is 5.42. The molecule has 0 fully saturated rings. The lowest BCUT2D eigenvalue weighted by molar-refractivity contribution is -0.107. The second kappa shape index (κ2) is 8.14. The molecule has 0 amide bonds. The summed E-state index contributed by atoms with van der Waals surface area (Å²) in [6.07, 6.45) is 3.69. The van der Waals surface area contributed by atoms with Crippen LogP contribution in [0.3, 0.4) is 0 Å². The maximum absolute atomic E-state index is 13.3. The van der Waals surface area contributed by atoms with E-state index in [-0.39, 0.29) is 11.9 Å². The highest BCUT2D eigenvalue weighted by Gasteiger charge is 2.22. The molecule has 0 aliphatic carbocycles. The molecule has 1 aromatic carbocycles. The molecule has 9 heteroatoms. The zero-order valence-electron chi connectivity index (χ0n) is 15.3. The Labute approximate surface area is 162 Å². The van der Waals surface area contributed by atoms with E-state index in [9.17, 15) is 17.6 Å². The minimum atomic E-state index is -3.59. The Balaban J connectivity index is 2.84. The molecule has 2 aromatic rings. The fraction of sp³-hybridized carbons (Fsp3) is 0.278. The van der Waals surface area contributed by atoms with Gasteiger partial charge in [0.25, 0.3) is 0 Å². The summed E-state index contributed by atoms with van der Waals surface area (Å²) in [5, 5.41) is -0.674. The van der Waals surface area contributed by atoms with Crippen LogP contribution in [0.4, 0.5) is 10.3 Å². The Hall–Kier alpha value is -2.32. The molecule has 0 saturated heterocycles. The monoisotopic (exact) mass is 411 g/mol. The molecule has 0 N–H and O–H groups in total. The van der Waals surface area contributed by atoms with E-state index in [1.54, 1.807) is 0 Å². The van der Waals surface area contributed by atoms with Gasteiger partial charge in [-0.3, -0.25) is 4.79 Å². The van der Waals surface area contributed by atoms with E-state index in [0.29, 0.717) is 22.5 Å². The van der Waals surface area contributed by atoms with Gasteiger partial charge in [0.2, 0.25) is 21.2 Å². The topological polar surface area (TPSA) is 80.2 Å². The van der Waals surface area contributed by atoms with Crippen LogP contribution in [0.2, 0.25) is 0 Å². The number of halogens is 2. The van der Waals surface area contributed by atoms with E-state index in [1.165, 1.54) is 43.5 Å². The number of hydrogen-bond donors (Lipinski definition) is 0. The van der Waals surface area contributed by atoms with Crippen LogP contribution in [-0.4, -0.2) is 36.9 Å². The van der Waals surface area contributed by atoms with Crippen molar-refractivity contribution in [3.63, 3.8) is 0 Å². The average molecular weight is 412 g/mol. The van der Waals surface area contributed by atoms with Gasteiger partial charge in [-0.05, 0) is 53.9 Å². The fourth-order valence-corrected chi connectivity index (χ4v) is 2.79. The number of rotatable bonds is 6. The molecule has 27 heavy (non-hydrogen) atoms. The summed E-state index contributed by atoms with van der Waals surface area (Å²) in [6.45, 7) is 3.75. The maximum Gasteiger partial charge on any atom is 0.245 e. The van der Waals surface area contributed by atoms with E-state index in [4.69, 9.17) is 11.6 Å². The van der Waals surface area contributed by atoms with E-state index in [0.717, 1.165) is 10.6 Å². The SMILES string of the molecule is CC(C)c1nc(N(C)S(C)(=O)=O)nc(-c2ccc(F)cc2)c1C=CC(=O)Cl. The van der Waals surface area contributed by atoms with E-state index in [2.05, 4.69) is 9.97 Å². The normalized spacial score (nSPS) is 12.0. The largest absolute Gasteiger partial charge is 0.276 e. The highest BCUT2D eigenvalue weighted by Crippen LogP contribution is 2.31. The van der Waals surface area contributed by atoms with Gasteiger partial charge in [-0.2, -0.15) is 0 Å². The Morgan fingerprint density at radius 2 is 1.81 bits per heavy atom. The Bertz CT molecular complexity index is 990. The number of benzene rings is 1. The molecule has 0 atom stereocenters. The van der Waals surface area contributed by atoms with Gasteiger partial charge in [0.05, 0.1) is 17.6 Å². The van der Waals surface area contributed by atoms with Crippen molar-refractivity contribution in [1.82, 2.24) is 9.97 Å². The molecule has 6 nitrogen and oxygen atoms in total. The number of carbonyl (C=O) groups excluding carboxylic acids is 1. The van der Waals surface area contributed by atoms with Crippen LogP contribution >= 0.6 is 11.6 Å². The average Bonchev–Trinajstić information content (AvgIpc) is 2.58. The molecular formula is C18H19ClFN3O3S. The van der Waals surface area contributed by atoms with Crippen molar-refractivity contribution in [2.24, 2.45) is 0 Å². The van der Waals surface area contributed by atoms with Crippen LogP contribution in [0.25, 0.3) is 17.3 Å². The van der Waals surface area contributed by atoms with Crippen molar-refractivity contribution in [3.05, 3.63) is 47.4 Å². The Morgan fingerprint density at radius 3 is 2.30 bits per heavy atom. The van der Waals surface area contributed by atoms with Gasteiger partial charge in [0.15, 0.2) is 0 Å². The van der Waals surface area contributed by atoms with Gasteiger partial charge < -0.3 is 0 Å². The molecule has 0 spiro atoms. The minimum absolute atomic E-state index is 0.0186. The first-order valence-electron chi connectivity index (χ1n) is 8.00. The summed E-state index contributed by atoms with van der Waals surface area (Å²) in [7, 11) is -2.24. The van der Waals surface area contributed by atoms with Gasteiger partial charge in [-0.25, -0.2) is 27.1 Å². The van der Waals surface area contributed by atoms with Crippen LogP contribution in [0.1, 0.15) is 31.0 Å². The minimum Gasteiger partial charge on any atom is -0.276 e. The molecule has 0 bridgehead atoms. The first-order chi connectivity index (χ1) is 12.5. The zero-order chi connectivity index (χ0) is 20.4. The molecule has 1 heterocycles. The van der Waals surface area contributed by atoms with Gasteiger partial charge in [-0.15, -0.1) is 0 Å². The number of allylic oxidation sites excluding steroid dienone is 1. The summed E-state index contributed by atoms with van der Waals surface area (Å²) in [6, 6.07) is 5.58. The number of aromatic nitrogens is 2. The van der Waals surface area contributed by atoms with Crippen molar-refractivity contribution < 1.29 is 17.6 Å². The summed E-state index contributed by atoms with van der Waals surface area (Å²) in [5.41, 5.74) is 1.96. The number of hydrogen-bond acceptors (Lipinski definition) is 5. The third kappa shape index (κ3) is 5.11. The van der Waals surface area contributed by atoms with Gasteiger partial charge >= 0.3 is 0 Å². The molecular weight excluding hydrogens is 393 g/mol. The fourth-order valence-electron chi connectivity index (χ4n) is 2.34.